The van der Waals surface area contributed by atoms with E-state index < -0.39 is 0 Å². The highest BCUT2D eigenvalue weighted by atomic mass is 16.5. The molecule has 5 nitrogen and oxygen atoms in total. The maximum Gasteiger partial charge on any atom is 0.191 e. The Labute approximate surface area is 162 Å². The Morgan fingerprint density at radius 3 is 2.89 bits per heavy atom. The summed E-state index contributed by atoms with van der Waals surface area (Å²) in [7, 11) is 0. The molecule has 3 rings (SSSR count). The third-order valence-electron chi connectivity index (χ3n) is 5.06. The number of nitrogens with zero attached hydrogens (tertiary/aromatic N) is 1. The quantitative estimate of drug-likeness (QED) is 0.379. The van der Waals surface area contributed by atoms with Crippen LogP contribution in [0.25, 0.3) is 10.9 Å². The second-order valence-corrected chi connectivity index (χ2v) is 6.88. The van der Waals surface area contributed by atoms with Crippen LogP contribution in [0.5, 0.6) is 0 Å². The Morgan fingerprint density at radius 1 is 1.19 bits per heavy atom. The number of benzene rings is 1. The second kappa shape index (κ2) is 10.2. The van der Waals surface area contributed by atoms with E-state index in [1.54, 1.807) is 0 Å². The minimum atomic E-state index is 0.758. The molecule has 1 aliphatic heterocycles. The van der Waals surface area contributed by atoms with Crippen LogP contribution in [0.4, 0.5) is 0 Å². The number of hydrogen-bond donors (Lipinski definition) is 3. The molecule has 2 aromatic rings. The Morgan fingerprint density at radius 2 is 2.11 bits per heavy atom. The smallest absolute Gasteiger partial charge is 0.191 e. The lowest BCUT2D eigenvalue weighted by atomic mass is 10.1. The maximum atomic E-state index is 5.36. The first-order valence-electron chi connectivity index (χ1n) is 10.2. The van der Waals surface area contributed by atoms with Crippen LogP contribution in [0.1, 0.15) is 37.8 Å². The minimum Gasteiger partial charge on any atom is -0.377 e. The van der Waals surface area contributed by atoms with Gasteiger partial charge in [0, 0.05) is 36.7 Å². The molecule has 0 radical (unpaired) electrons. The van der Waals surface area contributed by atoms with Crippen LogP contribution in [0.3, 0.4) is 0 Å². The SMILES string of the molecule is CCNC(=NCCc1c[nH]c2c(CC)cccc12)NCCC1=CCOCC1. The van der Waals surface area contributed by atoms with Crippen LogP contribution in [0, 0.1) is 0 Å². The normalized spacial score (nSPS) is 15.0. The zero-order valence-corrected chi connectivity index (χ0v) is 16.6. The number of aromatic amines is 1. The molecule has 5 heteroatoms. The summed E-state index contributed by atoms with van der Waals surface area (Å²) in [6.45, 7) is 8.46. The van der Waals surface area contributed by atoms with Gasteiger partial charge in [-0.1, -0.05) is 36.8 Å². The number of ether oxygens (including phenoxy) is 1. The first-order chi connectivity index (χ1) is 13.3. The summed E-state index contributed by atoms with van der Waals surface area (Å²) in [6.07, 6.45) is 8.43. The highest BCUT2D eigenvalue weighted by molar-refractivity contribution is 5.86. The third kappa shape index (κ3) is 5.36. The maximum absolute atomic E-state index is 5.36. The summed E-state index contributed by atoms with van der Waals surface area (Å²) in [5.41, 5.74) is 5.47. The molecule has 0 fully saturated rings. The number of fused-ring (bicyclic) bond motifs is 1. The summed E-state index contributed by atoms with van der Waals surface area (Å²) >= 11 is 0. The zero-order chi connectivity index (χ0) is 18.9. The molecule has 1 aromatic heterocycles. The van der Waals surface area contributed by atoms with E-state index >= 15 is 0 Å². The monoisotopic (exact) mass is 368 g/mol. The van der Waals surface area contributed by atoms with Crippen LogP contribution in [0.15, 0.2) is 41.0 Å². The molecule has 2 heterocycles. The van der Waals surface area contributed by atoms with Gasteiger partial charge in [-0.2, -0.15) is 0 Å². The van der Waals surface area contributed by atoms with E-state index in [-0.39, 0.29) is 0 Å². The number of para-hydroxylation sites is 1. The summed E-state index contributed by atoms with van der Waals surface area (Å²) in [4.78, 5) is 8.20. The number of aromatic nitrogens is 1. The van der Waals surface area contributed by atoms with Gasteiger partial charge in [0.25, 0.3) is 0 Å². The molecular formula is C22H32N4O. The summed E-state index contributed by atoms with van der Waals surface area (Å²) in [5.74, 6) is 0.902. The molecule has 0 saturated heterocycles. The van der Waals surface area contributed by atoms with Gasteiger partial charge in [0.2, 0.25) is 0 Å². The van der Waals surface area contributed by atoms with Crippen molar-refractivity contribution in [3.63, 3.8) is 0 Å². The van der Waals surface area contributed by atoms with Crippen molar-refractivity contribution in [3.8, 4) is 0 Å². The van der Waals surface area contributed by atoms with Gasteiger partial charge in [-0.3, -0.25) is 4.99 Å². The molecule has 0 bridgehead atoms. The van der Waals surface area contributed by atoms with Crippen molar-refractivity contribution in [2.75, 3.05) is 32.8 Å². The molecule has 0 saturated carbocycles. The average molecular weight is 369 g/mol. The van der Waals surface area contributed by atoms with E-state index in [0.29, 0.717) is 0 Å². The van der Waals surface area contributed by atoms with Crippen molar-refractivity contribution in [3.05, 3.63) is 47.2 Å². The van der Waals surface area contributed by atoms with Gasteiger partial charge >= 0.3 is 0 Å². The van der Waals surface area contributed by atoms with Crippen molar-refractivity contribution in [2.24, 2.45) is 4.99 Å². The van der Waals surface area contributed by atoms with Crippen molar-refractivity contribution in [1.29, 1.82) is 0 Å². The Balaban J connectivity index is 1.54. The van der Waals surface area contributed by atoms with Crippen LogP contribution in [-0.2, 0) is 17.6 Å². The van der Waals surface area contributed by atoms with Gasteiger partial charge in [0.1, 0.15) is 0 Å². The molecule has 0 aliphatic carbocycles. The Hall–Kier alpha value is -2.27. The molecule has 3 N–H and O–H groups in total. The number of nitrogens with one attached hydrogen (secondary N) is 3. The van der Waals surface area contributed by atoms with Crippen LogP contribution in [-0.4, -0.2) is 43.8 Å². The molecule has 0 amide bonds. The minimum absolute atomic E-state index is 0.758. The van der Waals surface area contributed by atoms with E-state index in [1.807, 2.05) is 0 Å². The van der Waals surface area contributed by atoms with E-state index in [9.17, 15) is 0 Å². The lowest BCUT2D eigenvalue weighted by molar-refractivity contribution is 0.153. The second-order valence-electron chi connectivity index (χ2n) is 6.88. The first-order valence-corrected chi connectivity index (χ1v) is 10.2. The van der Waals surface area contributed by atoms with Crippen LogP contribution < -0.4 is 10.6 Å². The molecule has 0 spiro atoms. The predicted octanol–water partition coefficient (Wildman–Crippen LogP) is 3.56. The van der Waals surface area contributed by atoms with Gasteiger partial charge in [-0.15, -0.1) is 0 Å². The molecule has 1 aromatic carbocycles. The lowest BCUT2D eigenvalue weighted by Gasteiger charge is -2.15. The standard InChI is InChI=1S/C22H32N4O/c1-3-18-6-5-7-20-19(16-26-21(18)20)9-13-25-22(23-4-2)24-12-8-17-10-14-27-15-11-17/h5-7,10,16,26H,3-4,8-9,11-15H2,1-2H3,(H2,23,24,25). The van der Waals surface area contributed by atoms with Gasteiger partial charge < -0.3 is 20.4 Å². The number of guanidine groups is 1. The first kappa shape index (κ1) is 19.5. The van der Waals surface area contributed by atoms with Crippen molar-refractivity contribution >= 4 is 16.9 Å². The van der Waals surface area contributed by atoms with Gasteiger partial charge in [-0.25, -0.2) is 0 Å². The fourth-order valence-electron chi connectivity index (χ4n) is 3.54. The van der Waals surface area contributed by atoms with E-state index in [2.05, 4.69) is 59.9 Å². The summed E-state index contributed by atoms with van der Waals surface area (Å²) in [5, 5.41) is 8.12. The molecule has 0 atom stereocenters. The largest absolute Gasteiger partial charge is 0.377 e. The fraction of sp³-hybridized carbons (Fsp3) is 0.500. The molecule has 1 aliphatic rings. The number of H-pyrrole nitrogens is 1. The summed E-state index contributed by atoms with van der Waals surface area (Å²) in [6, 6.07) is 6.55. The van der Waals surface area contributed by atoms with Crippen molar-refractivity contribution in [1.82, 2.24) is 15.6 Å². The van der Waals surface area contributed by atoms with Gasteiger partial charge in [0.15, 0.2) is 5.96 Å². The fourth-order valence-corrected chi connectivity index (χ4v) is 3.54. The van der Waals surface area contributed by atoms with Crippen LogP contribution >= 0.6 is 0 Å². The molecule has 146 valence electrons. The zero-order valence-electron chi connectivity index (χ0n) is 16.6. The number of aliphatic imine (C=N–C) groups is 1. The molecule has 0 unspecified atom stereocenters. The topological polar surface area (TPSA) is 61.4 Å². The molecular weight excluding hydrogens is 336 g/mol. The van der Waals surface area contributed by atoms with Crippen LogP contribution in [0.2, 0.25) is 0 Å². The van der Waals surface area contributed by atoms with E-state index in [0.717, 1.165) is 64.5 Å². The average Bonchev–Trinajstić information content (AvgIpc) is 3.12. The highest BCUT2D eigenvalue weighted by Gasteiger charge is 2.07. The Kier molecular flexibility index (Phi) is 7.34. The van der Waals surface area contributed by atoms with Crippen molar-refractivity contribution < 1.29 is 4.74 Å². The van der Waals surface area contributed by atoms with Crippen molar-refractivity contribution in [2.45, 2.75) is 39.5 Å². The predicted molar refractivity (Wildman–Crippen MR) is 113 cm³/mol. The Bertz CT molecular complexity index is 791. The molecule has 27 heavy (non-hydrogen) atoms. The van der Waals surface area contributed by atoms with Gasteiger partial charge in [-0.05, 0) is 43.7 Å². The lowest BCUT2D eigenvalue weighted by Crippen LogP contribution is -2.38. The summed E-state index contributed by atoms with van der Waals surface area (Å²) < 4.78 is 5.36. The van der Waals surface area contributed by atoms with Gasteiger partial charge in [0.05, 0.1) is 13.2 Å². The van der Waals surface area contributed by atoms with E-state index in [4.69, 9.17) is 9.73 Å². The van der Waals surface area contributed by atoms with E-state index in [1.165, 1.54) is 27.6 Å². The third-order valence-corrected chi connectivity index (χ3v) is 5.06. The number of aryl methyl sites for hydroxylation is 1. The highest BCUT2D eigenvalue weighted by Crippen LogP contribution is 2.22. The number of rotatable bonds is 8. The number of hydrogen-bond acceptors (Lipinski definition) is 2.